The lowest BCUT2D eigenvalue weighted by molar-refractivity contribution is -0.221. The van der Waals surface area contributed by atoms with Crippen molar-refractivity contribution in [3.05, 3.63) is 65.2 Å². The molecule has 0 aliphatic carbocycles. The largest absolute Gasteiger partial charge is 0.489 e. The van der Waals surface area contributed by atoms with E-state index in [1.807, 2.05) is 24.3 Å². The topological polar surface area (TPSA) is 68.2 Å². The average molecular weight is 454 g/mol. The second-order valence-electron chi connectivity index (χ2n) is 7.95. The van der Waals surface area contributed by atoms with E-state index in [1.54, 1.807) is 0 Å². The second kappa shape index (κ2) is 11.7. The summed E-state index contributed by atoms with van der Waals surface area (Å²) in [5.74, 6) is 0.656. The van der Waals surface area contributed by atoms with Crippen LogP contribution in [0.1, 0.15) is 42.4 Å². The highest BCUT2D eigenvalue weighted by atomic mass is 19.4. The molecule has 8 heteroatoms. The van der Waals surface area contributed by atoms with Crippen LogP contribution in [0.4, 0.5) is 13.2 Å². The number of benzene rings is 2. The smallest absolute Gasteiger partial charge is 0.416 e. The van der Waals surface area contributed by atoms with Gasteiger partial charge in [-0.25, -0.2) is 0 Å². The molecule has 1 heterocycles. The van der Waals surface area contributed by atoms with Crippen LogP contribution >= 0.6 is 0 Å². The number of aliphatic hydroxyl groups excluding tert-OH is 2. The molecule has 0 amide bonds. The molecule has 2 N–H and O–H groups in total. The van der Waals surface area contributed by atoms with E-state index in [0.29, 0.717) is 30.8 Å². The highest BCUT2D eigenvalue weighted by Gasteiger charge is 2.30. The van der Waals surface area contributed by atoms with Gasteiger partial charge in [0, 0.05) is 19.4 Å². The van der Waals surface area contributed by atoms with E-state index < -0.39 is 24.1 Å². The summed E-state index contributed by atoms with van der Waals surface area (Å²) in [6, 6.07) is 12.6. The second-order valence-corrected chi connectivity index (χ2v) is 7.95. The lowest BCUT2D eigenvalue weighted by Gasteiger charge is -2.32. The zero-order valence-corrected chi connectivity index (χ0v) is 17.8. The Morgan fingerprint density at radius 2 is 1.62 bits per heavy atom. The molecular formula is C24H29F3O5. The molecule has 3 rings (SSSR count). The first-order chi connectivity index (χ1) is 15.3. The van der Waals surface area contributed by atoms with E-state index in [0.717, 1.165) is 37.0 Å². The fourth-order valence-corrected chi connectivity index (χ4v) is 3.53. The van der Waals surface area contributed by atoms with Gasteiger partial charge in [0.15, 0.2) is 6.29 Å². The first-order valence-corrected chi connectivity index (χ1v) is 10.8. The summed E-state index contributed by atoms with van der Waals surface area (Å²) in [5, 5.41) is 18.9. The van der Waals surface area contributed by atoms with Gasteiger partial charge in [-0.1, -0.05) is 24.3 Å². The maximum Gasteiger partial charge on any atom is 0.416 e. The van der Waals surface area contributed by atoms with E-state index >= 15 is 0 Å². The first-order valence-electron chi connectivity index (χ1n) is 10.8. The number of halogens is 3. The molecule has 0 bridgehead atoms. The molecule has 5 nitrogen and oxygen atoms in total. The van der Waals surface area contributed by atoms with Gasteiger partial charge in [0.05, 0.1) is 24.4 Å². The minimum Gasteiger partial charge on any atom is -0.489 e. The van der Waals surface area contributed by atoms with Crippen LogP contribution < -0.4 is 4.74 Å². The molecule has 0 aromatic heterocycles. The summed E-state index contributed by atoms with van der Waals surface area (Å²) in [6.45, 7) is 0.592. The molecule has 1 aliphatic rings. The molecule has 0 radical (unpaired) electrons. The van der Waals surface area contributed by atoms with Crippen LogP contribution in [0.5, 0.6) is 5.75 Å². The summed E-state index contributed by atoms with van der Waals surface area (Å²) >= 11 is 0. The third kappa shape index (κ3) is 7.78. The van der Waals surface area contributed by atoms with Gasteiger partial charge in [0.25, 0.3) is 0 Å². The summed E-state index contributed by atoms with van der Waals surface area (Å²) < 4.78 is 54.7. The SMILES string of the molecule is OCC1CC(O)CC(OCCCCc2ccc(OCc3ccc(C(F)(F)F)cc3)cc2)O1. The van der Waals surface area contributed by atoms with Gasteiger partial charge in [0.1, 0.15) is 12.4 Å². The minimum absolute atomic E-state index is 0.124. The van der Waals surface area contributed by atoms with Crippen molar-refractivity contribution in [1.29, 1.82) is 0 Å². The number of unbranched alkanes of at least 4 members (excludes halogenated alkanes) is 1. The Balaban J connectivity index is 1.33. The van der Waals surface area contributed by atoms with E-state index in [4.69, 9.17) is 14.2 Å². The van der Waals surface area contributed by atoms with Crippen molar-refractivity contribution in [2.24, 2.45) is 0 Å². The first kappa shape index (κ1) is 24.5. The molecule has 0 saturated carbocycles. The Hall–Kier alpha value is -2.13. The Kier molecular flexibility index (Phi) is 8.92. The lowest BCUT2D eigenvalue weighted by Crippen LogP contribution is -2.39. The maximum atomic E-state index is 12.6. The molecule has 32 heavy (non-hydrogen) atoms. The molecular weight excluding hydrogens is 425 g/mol. The molecule has 1 fully saturated rings. The van der Waals surface area contributed by atoms with Crippen molar-refractivity contribution in [2.45, 2.75) is 63.4 Å². The summed E-state index contributed by atoms with van der Waals surface area (Å²) in [5.41, 5.74) is 1.15. The van der Waals surface area contributed by atoms with Crippen LogP contribution in [-0.2, 0) is 28.7 Å². The van der Waals surface area contributed by atoms with Crippen LogP contribution in [0.25, 0.3) is 0 Å². The normalized spacial score (nSPS) is 21.5. The van der Waals surface area contributed by atoms with Crippen molar-refractivity contribution in [3.63, 3.8) is 0 Å². The van der Waals surface area contributed by atoms with Crippen LogP contribution in [0.15, 0.2) is 48.5 Å². The van der Waals surface area contributed by atoms with Crippen LogP contribution in [-0.4, -0.2) is 41.9 Å². The molecule has 1 saturated heterocycles. The number of aryl methyl sites for hydroxylation is 1. The van der Waals surface area contributed by atoms with Crippen molar-refractivity contribution < 1.29 is 37.6 Å². The van der Waals surface area contributed by atoms with Crippen LogP contribution in [0.2, 0.25) is 0 Å². The molecule has 3 unspecified atom stereocenters. The fraction of sp³-hybridized carbons (Fsp3) is 0.500. The van der Waals surface area contributed by atoms with Gasteiger partial charge in [-0.05, 0) is 54.7 Å². The Morgan fingerprint density at radius 3 is 2.28 bits per heavy atom. The lowest BCUT2D eigenvalue weighted by atomic mass is 10.1. The highest BCUT2D eigenvalue weighted by molar-refractivity contribution is 5.28. The monoisotopic (exact) mass is 454 g/mol. The van der Waals surface area contributed by atoms with Crippen LogP contribution in [0, 0.1) is 0 Å². The van der Waals surface area contributed by atoms with Crippen molar-refractivity contribution in [1.82, 2.24) is 0 Å². The number of hydrogen-bond donors (Lipinski definition) is 2. The van der Waals surface area contributed by atoms with Crippen molar-refractivity contribution >= 4 is 0 Å². The number of alkyl halides is 3. The zero-order chi connectivity index (χ0) is 23.0. The van der Waals surface area contributed by atoms with Gasteiger partial charge < -0.3 is 24.4 Å². The number of hydrogen-bond acceptors (Lipinski definition) is 5. The quantitative estimate of drug-likeness (QED) is 0.518. The standard InChI is InChI=1S/C24H29F3O5/c25-24(26,27)19-8-4-18(5-9-19)16-31-21-10-6-17(7-11-21)3-1-2-12-30-23-14-20(29)13-22(15-28)32-23/h4-11,20,22-23,28-29H,1-3,12-16H2. The Labute approximate surface area is 185 Å². The average Bonchev–Trinajstić information content (AvgIpc) is 2.77. The van der Waals surface area contributed by atoms with E-state index in [-0.39, 0.29) is 19.3 Å². The van der Waals surface area contributed by atoms with Gasteiger partial charge in [-0.2, -0.15) is 13.2 Å². The number of ether oxygens (including phenoxy) is 3. The summed E-state index contributed by atoms with van der Waals surface area (Å²) in [7, 11) is 0. The predicted molar refractivity (Wildman–Crippen MR) is 112 cm³/mol. The van der Waals surface area contributed by atoms with Gasteiger partial charge in [-0.15, -0.1) is 0 Å². The zero-order valence-electron chi connectivity index (χ0n) is 17.8. The third-order valence-electron chi connectivity index (χ3n) is 5.32. The molecule has 176 valence electrons. The third-order valence-corrected chi connectivity index (χ3v) is 5.32. The molecule has 1 aliphatic heterocycles. The summed E-state index contributed by atoms with van der Waals surface area (Å²) in [6.07, 6.45) is -2.21. The van der Waals surface area contributed by atoms with Gasteiger partial charge >= 0.3 is 6.18 Å². The molecule has 3 atom stereocenters. The van der Waals surface area contributed by atoms with E-state index in [1.165, 1.54) is 12.1 Å². The van der Waals surface area contributed by atoms with Crippen molar-refractivity contribution in [2.75, 3.05) is 13.2 Å². The van der Waals surface area contributed by atoms with E-state index in [2.05, 4.69) is 0 Å². The van der Waals surface area contributed by atoms with Gasteiger partial charge in [0.2, 0.25) is 0 Å². The number of aliphatic hydroxyl groups is 2. The van der Waals surface area contributed by atoms with Crippen molar-refractivity contribution in [3.8, 4) is 5.75 Å². The Morgan fingerprint density at radius 1 is 0.938 bits per heavy atom. The van der Waals surface area contributed by atoms with Crippen LogP contribution in [0.3, 0.4) is 0 Å². The molecule has 2 aromatic carbocycles. The number of rotatable bonds is 10. The molecule has 0 spiro atoms. The summed E-state index contributed by atoms with van der Waals surface area (Å²) in [4.78, 5) is 0. The minimum atomic E-state index is -4.34. The van der Waals surface area contributed by atoms with Gasteiger partial charge in [-0.3, -0.25) is 0 Å². The maximum absolute atomic E-state index is 12.6. The Bertz CT molecular complexity index is 808. The predicted octanol–water partition coefficient (Wildman–Crippen LogP) is 4.48. The highest BCUT2D eigenvalue weighted by Crippen LogP contribution is 2.29. The van der Waals surface area contributed by atoms with E-state index in [9.17, 15) is 23.4 Å². The molecule has 2 aromatic rings. The fourth-order valence-electron chi connectivity index (χ4n) is 3.53.